The Bertz CT molecular complexity index is 893. The van der Waals surface area contributed by atoms with Gasteiger partial charge in [0.25, 0.3) is 5.69 Å². The molecule has 1 aromatic rings. The van der Waals surface area contributed by atoms with Crippen molar-refractivity contribution in [2.45, 2.75) is 65.7 Å². The summed E-state index contributed by atoms with van der Waals surface area (Å²) in [5, 5.41) is 17.1. The Morgan fingerprint density at radius 1 is 1.19 bits per heavy atom. The van der Waals surface area contributed by atoms with E-state index in [-0.39, 0.29) is 34.4 Å². The zero-order chi connectivity index (χ0) is 23.3. The standard InChI is InChI=1S/C21H29N3O7/c1-7-8-14-18(20(25)31-12(4)5)19(23-21(26)22-14)13-9-17(30-11(2)3)16(29-6)10-15(13)24(27)28/h9-12,19H,7-8H2,1-6H3,(H2,22,23,26). The molecule has 2 rings (SSSR count). The number of urea groups is 1. The van der Waals surface area contributed by atoms with Gasteiger partial charge in [-0.25, -0.2) is 9.59 Å². The molecule has 10 nitrogen and oxygen atoms in total. The first-order valence-electron chi connectivity index (χ1n) is 10.1. The molecule has 2 amide bonds. The highest BCUT2D eigenvalue weighted by atomic mass is 16.6. The number of allylic oxidation sites excluding steroid dienone is 1. The second-order valence-corrected chi connectivity index (χ2v) is 7.61. The highest BCUT2D eigenvalue weighted by Crippen LogP contribution is 2.41. The quantitative estimate of drug-likeness (QED) is 0.343. The van der Waals surface area contributed by atoms with Crippen LogP contribution in [-0.4, -0.2) is 36.2 Å². The molecule has 0 saturated carbocycles. The second-order valence-electron chi connectivity index (χ2n) is 7.61. The molecule has 1 heterocycles. The largest absolute Gasteiger partial charge is 0.493 e. The number of amides is 2. The molecule has 0 aromatic heterocycles. The van der Waals surface area contributed by atoms with Gasteiger partial charge in [0.05, 0.1) is 47.5 Å². The number of hydrogen-bond donors (Lipinski definition) is 2. The average Bonchev–Trinajstić information content (AvgIpc) is 2.66. The highest BCUT2D eigenvalue weighted by Gasteiger charge is 2.38. The lowest BCUT2D eigenvalue weighted by atomic mass is 9.92. The van der Waals surface area contributed by atoms with Crippen LogP contribution in [0.1, 0.15) is 59.1 Å². The number of nitro benzene ring substituents is 1. The monoisotopic (exact) mass is 435 g/mol. The molecule has 170 valence electrons. The van der Waals surface area contributed by atoms with Gasteiger partial charge in [0.2, 0.25) is 0 Å². The van der Waals surface area contributed by atoms with Crippen molar-refractivity contribution in [2.75, 3.05) is 7.11 Å². The van der Waals surface area contributed by atoms with Gasteiger partial charge in [-0.05, 0) is 40.2 Å². The van der Waals surface area contributed by atoms with Crippen molar-refractivity contribution in [1.82, 2.24) is 10.6 Å². The van der Waals surface area contributed by atoms with Crippen LogP contribution >= 0.6 is 0 Å². The van der Waals surface area contributed by atoms with Crippen LogP contribution in [0.4, 0.5) is 10.5 Å². The Labute approximate surface area is 181 Å². The number of nitrogens with zero attached hydrogens (tertiary/aromatic N) is 1. The Hall–Kier alpha value is -3.30. The van der Waals surface area contributed by atoms with Gasteiger partial charge >= 0.3 is 12.0 Å². The van der Waals surface area contributed by atoms with Gasteiger partial charge in [-0.15, -0.1) is 0 Å². The first-order chi connectivity index (χ1) is 14.6. The van der Waals surface area contributed by atoms with Gasteiger partial charge in [0.1, 0.15) is 0 Å². The Kier molecular flexibility index (Phi) is 7.84. The summed E-state index contributed by atoms with van der Waals surface area (Å²) in [4.78, 5) is 36.6. The van der Waals surface area contributed by atoms with E-state index in [4.69, 9.17) is 14.2 Å². The number of rotatable bonds is 9. The Morgan fingerprint density at radius 3 is 2.39 bits per heavy atom. The topological polar surface area (TPSA) is 129 Å². The third-order valence-electron chi connectivity index (χ3n) is 4.40. The number of methoxy groups -OCH3 is 1. The van der Waals surface area contributed by atoms with Crippen LogP contribution in [0.15, 0.2) is 23.4 Å². The summed E-state index contributed by atoms with van der Waals surface area (Å²) in [5.74, 6) is -0.222. The van der Waals surface area contributed by atoms with Gasteiger partial charge in [-0.2, -0.15) is 0 Å². The summed E-state index contributed by atoms with van der Waals surface area (Å²) in [5.41, 5.74) is 0.281. The van der Waals surface area contributed by atoms with Crippen molar-refractivity contribution in [2.24, 2.45) is 0 Å². The maximum atomic E-state index is 13.0. The molecule has 0 saturated heterocycles. The summed E-state index contributed by atoms with van der Waals surface area (Å²) in [6.45, 7) is 8.90. The van der Waals surface area contributed by atoms with E-state index >= 15 is 0 Å². The third kappa shape index (κ3) is 5.65. The predicted octanol–water partition coefficient (Wildman–Crippen LogP) is 3.75. The molecular formula is C21H29N3O7. The zero-order valence-electron chi connectivity index (χ0n) is 18.6. The molecule has 1 aliphatic heterocycles. The lowest BCUT2D eigenvalue weighted by Crippen LogP contribution is -2.46. The normalized spacial score (nSPS) is 16.1. The number of esters is 1. The molecule has 31 heavy (non-hydrogen) atoms. The minimum absolute atomic E-state index is 0.0978. The first kappa shape index (κ1) is 24.0. The molecule has 0 fully saturated rings. The predicted molar refractivity (Wildman–Crippen MR) is 113 cm³/mol. The SMILES string of the molecule is CCCC1=C(C(=O)OC(C)C)C(c2cc(OC(C)C)c(OC)cc2[N+](=O)[O-])NC(=O)N1. The molecule has 10 heteroatoms. The van der Waals surface area contributed by atoms with E-state index in [0.717, 1.165) is 0 Å². The van der Waals surface area contributed by atoms with Crippen LogP contribution in [0, 0.1) is 10.1 Å². The van der Waals surface area contributed by atoms with Gasteiger partial charge in [-0.1, -0.05) is 13.3 Å². The van der Waals surface area contributed by atoms with Gasteiger partial charge < -0.3 is 24.8 Å². The van der Waals surface area contributed by atoms with E-state index in [0.29, 0.717) is 18.5 Å². The first-order valence-corrected chi connectivity index (χ1v) is 10.1. The minimum Gasteiger partial charge on any atom is -0.493 e. The molecule has 0 spiro atoms. The molecule has 0 bridgehead atoms. The maximum Gasteiger partial charge on any atom is 0.338 e. The molecule has 1 atom stereocenters. The molecule has 0 radical (unpaired) electrons. The van der Waals surface area contributed by atoms with Crippen molar-refractivity contribution in [3.05, 3.63) is 39.1 Å². The summed E-state index contributed by atoms with van der Waals surface area (Å²) >= 11 is 0. The summed E-state index contributed by atoms with van der Waals surface area (Å²) in [6.07, 6.45) is 0.396. The Balaban J connectivity index is 2.75. The van der Waals surface area contributed by atoms with Crippen LogP contribution in [0.5, 0.6) is 11.5 Å². The van der Waals surface area contributed by atoms with E-state index < -0.39 is 29.1 Å². The molecule has 0 aliphatic carbocycles. The van der Waals surface area contributed by atoms with Crippen molar-refractivity contribution in [3.63, 3.8) is 0 Å². The van der Waals surface area contributed by atoms with E-state index in [1.54, 1.807) is 27.7 Å². The molecule has 1 aromatic carbocycles. The van der Waals surface area contributed by atoms with E-state index in [1.165, 1.54) is 19.2 Å². The lowest BCUT2D eigenvalue weighted by molar-refractivity contribution is -0.385. The smallest absolute Gasteiger partial charge is 0.338 e. The van der Waals surface area contributed by atoms with Crippen LogP contribution in [0.3, 0.4) is 0 Å². The van der Waals surface area contributed by atoms with Gasteiger partial charge in [-0.3, -0.25) is 10.1 Å². The summed E-state index contributed by atoms with van der Waals surface area (Å²) in [6, 6.07) is 0.999. The van der Waals surface area contributed by atoms with Crippen LogP contribution in [0.2, 0.25) is 0 Å². The minimum atomic E-state index is -1.10. The number of carbonyl (C=O) groups excluding carboxylic acids is 2. The molecule has 1 aliphatic rings. The summed E-state index contributed by atoms with van der Waals surface area (Å²) in [7, 11) is 1.38. The van der Waals surface area contributed by atoms with Crippen molar-refractivity contribution < 1.29 is 28.7 Å². The average molecular weight is 435 g/mol. The number of nitro groups is 1. The zero-order valence-corrected chi connectivity index (χ0v) is 18.6. The van der Waals surface area contributed by atoms with Crippen LogP contribution < -0.4 is 20.1 Å². The number of benzene rings is 1. The van der Waals surface area contributed by atoms with Crippen LogP contribution in [0.25, 0.3) is 0 Å². The second kappa shape index (κ2) is 10.1. The fourth-order valence-corrected chi connectivity index (χ4v) is 3.28. The van der Waals surface area contributed by atoms with Crippen LogP contribution in [-0.2, 0) is 9.53 Å². The molecule has 1 unspecified atom stereocenters. The maximum absolute atomic E-state index is 13.0. The number of ether oxygens (including phenoxy) is 3. The van der Waals surface area contributed by atoms with Crippen molar-refractivity contribution in [1.29, 1.82) is 0 Å². The van der Waals surface area contributed by atoms with Gasteiger partial charge in [0, 0.05) is 5.70 Å². The lowest BCUT2D eigenvalue weighted by Gasteiger charge is -2.30. The van der Waals surface area contributed by atoms with E-state index in [1.807, 2.05) is 6.92 Å². The van der Waals surface area contributed by atoms with E-state index in [2.05, 4.69) is 10.6 Å². The molecule has 2 N–H and O–H groups in total. The van der Waals surface area contributed by atoms with Gasteiger partial charge in [0.15, 0.2) is 11.5 Å². The number of hydrogen-bond acceptors (Lipinski definition) is 7. The number of nitrogens with one attached hydrogen (secondary N) is 2. The number of carbonyl (C=O) groups is 2. The summed E-state index contributed by atoms with van der Waals surface area (Å²) < 4.78 is 16.4. The van der Waals surface area contributed by atoms with Crippen molar-refractivity contribution in [3.8, 4) is 11.5 Å². The third-order valence-corrected chi connectivity index (χ3v) is 4.40. The Morgan fingerprint density at radius 2 is 1.87 bits per heavy atom. The van der Waals surface area contributed by atoms with E-state index in [9.17, 15) is 19.7 Å². The fraction of sp³-hybridized carbons (Fsp3) is 0.524. The van der Waals surface area contributed by atoms with Crippen molar-refractivity contribution >= 4 is 17.7 Å². The highest BCUT2D eigenvalue weighted by molar-refractivity contribution is 5.95. The fourth-order valence-electron chi connectivity index (χ4n) is 3.28. The molecular weight excluding hydrogens is 406 g/mol.